The number of ether oxygens (including phenoxy) is 1. The van der Waals surface area contributed by atoms with E-state index in [1.54, 1.807) is 0 Å². The van der Waals surface area contributed by atoms with Gasteiger partial charge in [-0.05, 0) is 30.7 Å². The highest BCUT2D eigenvalue weighted by Crippen LogP contribution is 2.30. The van der Waals surface area contributed by atoms with Crippen LogP contribution in [0.2, 0.25) is 0 Å². The summed E-state index contributed by atoms with van der Waals surface area (Å²) in [5.41, 5.74) is 2.75. The lowest BCUT2D eigenvalue weighted by molar-refractivity contribution is 0.279. The fraction of sp³-hybridized carbons (Fsp3) is 0.188. The molecule has 0 atom stereocenters. The smallest absolute Gasteiger partial charge is 0.171 e. The Bertz CT molecular complexity index is 755. The van der Waals surface area contributed by atoms with Crippen LogP contribution < -0.4 is 4.74 Å². The minimum absolute atomic E-state index is 0.0257. The summed E-state index contributed by atoms with van der Waals surface area (Å²) in [6, 6.07) is 13.6. The summed E-state index contributed by atoms with van der Waals surface area (Å²) in [5, 5.41) is 10.2. The maximum absolute atomic E-state index is 9.37. The molecule has 108 valence electrons. The normalized spacial score (nSPS) is 11.0. The summed E-state index contributed by atoms with van der Waals surface area (Å²) in [7, 11) is 0. The van der Waals surface area contributed by atoms with Crippen LogP contribution in [0.5, 0.6) is 5.75 Å². The number of imidazole rings is 1. The monoisotopic (exact) mass is 300 g/mol. The quantitative estimate of drug-likeness (QED) is 0.756. The van der Waals surface area contributed by atoms with E-state index in [-0.39, 0.29) is 6.61 Å². The van der Waals surface area contributed by atoms with E-state index >= 15 is 0 Å². The molecule has 5 heteroatoms. The standard InChI is InChI=1S/C16H16N2O2S/c1-2-20-12-7-8-13-14(9-12)18-16(17-13)21-15-6-4-3-5-11(15)10-19/h3-9,19H,2,10H2,1H3,(H,17,18). The number of aromatic amines is 1. The third-order valence-corrected chi connectivity index (χ3v) is 4.10. The van der Waals surface area contributed by atoms with Crippen LogP contribution in [0.4, 0.5) is 0 Å². The number of hydrogen-bond donors (Lipinski definition) is 2. The molecular formula is C16H16N2O2S. The van der Waals surface area contributed by atoms with Gasteiger partial charge in [-0.1, -0.05) is 30.0 Å². The fourth-order valence-electron chi connectivity index (χ4n) is 2.11. The lowest BCUT2D eigenvalue weighted by atomic mass is 10.2. The van der Waals surface area contributed by atoms with E-state index in [0.29, 0.717) is 6.61 Å². The molecule has 0 aliphatic heterocycles. The van der Waals surface area contributed by atoms with Crippen molar-refractivity contribution in [3.63, 3.8) is 0 Å². The van der Waals surface area contributed by atoms with E-state index in [4.69, 9.17) is 4.74 Å². The van der Waals surface area contributed by atoms with Gasteiger partial charge in [0.15, 0.2) is 5.16 Å². The Morgan fingerprint density at radius 3 is 2.90 bits per heavy atom. The molecule has 0 amide bonds. The fourth-order valence-corrected chi connectivity index (χ4v) is 3.03. The molecular weight excluding hydrogens is 284 g/mol. The average molecular weight is 300 g/mol. The molecule has 0 bridgehead atoms. The predicted octanol–water partition coefficient (Wildman–Crippen LogP) is 3.61. The van der Waals surface area contributed by atoms with E-state index in [2.05, 4.69) is 9.97 Å². The Kier molecular flexibility index (Phi) is 4.13. The minimum atomic E-state index is 0.0257. The van der Waals surface area contributed by atoms with Crippen LogP contribution in [0.1, 0.15) is 12.5 Å². The van der Waals surface area contributed by atoms with Crippen molar-refractivity contribution in [3.05, 3.63) is 48.0 Å². The van der Waals surface area contributed by atoms with E-state index in [0.717, 1.165) is 32.4 Å². The molecule has 4 nitrogen and oxygen atoms in total. The third-order valence-electron chi connectivity index (χ3n) is 3.09. The Morgan fingerprint density at radius 2 is 2.10 bits per heavy atom. The molecule has 1 heterocycles. The Balaban J connectivity index is 1.90. The van der Waals surface area contributed by atoms with Crippen LogP contribution in [-0.2, 0) is 6.61 Å². The van der Waals surface area contributed by atoms with Gasteiger partial charge in [0.05, 0.1) is 24.2 Å². The van der Waals surface area contributed by atoms with Crippen molar-refractivity contribution in [2.24, 2.45) is 0 Å². The number of hydrogen-bond acceptors (Lipinski definition) is 4. The topological polar surface area (TPSA) is 58.1 Å². The Labute approximate surface area is 127 Å². The molecule has 0 fully saturated rings. The van der Waals surface area contributed by atoms with Crippen molar-refractivity contribution >= 4 is 22.8 Å². The number of fused-ring (bicyclic) bond motifs is 1. The van der Waals surface area contributed by atoms with Gasteiger partial charge in [-0.25, -0.2) is 4.98 Å². The van der Waals surface area contributed by atoms with Crippen LogP contribution >= 0.6 is 11.8 Å². The maximum Gasteiger partial charge on any atom is 0.171 e. The Hall–Kier alpha value is -1.98. The first kappa shape index (κ1) is 14.0. The zero-order chi connectivity index (χ0) is 14.7. The van der Waals surface area contributed by atoms with E-state index in [9.17, 15) is 5.11 Å². The second-order valence-electron chi connectivity index (χ2n) is 4.52. The number of nitrogens with one attached hydrogen (secondary N) is 1. The molecule has 3 rings (SSSR count). The highest BCUT2D eigenvalue weighted by Gasteiger charge is 2.08. The van der Waals surface area contributed by atoms with Gasteiger partial charge < -0.3 is 14.8 Å². The summed E-state index contributed by atoms with van der Waals surface area (Å²) in [6.45, 7) is 2.63. The molecule has 0 saturated heterocycles. The molecule has 21 heavy (non-hydrogen) atoms. The Morgan fingerprint density at radius 1 is 1.24 bits per heavy atom. The van der Waals surface area contributed by atoms with Gasteiger partial charge in [0.1, 0.15) is 5.75 Å². The largest absolute Gasteiger partial charge is 0.494 e. The van der Waals surface area contributed by atoms with Gasteiger partial charge in [0, 0.05) is 11.0 Å². The molecule has 0 saturated carbocycles. The van der Waals surface area contributed by atoms with Gasteiger partial charge in [0.25, 0.3) is 0 Å². The van der Waals surface area contributed by atoms with Crippen molar-refractivity contribution in [3.8, 4) is 5.75 Å². The first-order chi connectivity index (χ1) is 10.3. The zero-order valence-electron chi connectivity index (χ0n) is 11.7. The van der Waals surface area contributed by atoms with Crippen molar-refractivity contribution in [1.82, 2.24) is 9.97 Å². The predicted molar refractivity (Wildman–Crippen MR) is 83.8 cm³/mol. The number of aliphatic hydroxyl groups is 1. The van der Waals surface area contributed by atoms with Crippen LogP contribution in [0.15, 0.2) is 52.5 Å². The second kappa shape index (κ2) is 6.20. The van der Waals surface area contributed by atoms with Crippen molar-refractivity contribution < 1.29 is 9.84 Å². The summed E-state index contributed by atoms with van der Waals surface area (Å²) >= 11 is 1.52. The van der Waals surface area contributed by atoms with Gasteiger partial charge >= 0.3 is 0 Å². The summed E-state index contributed by atoms with van der Waals surface area (Å²) in [5.74, 6) is 0.834. The SMILES string of the molecule is CCOc1ccc2nc(Sc3ccccc3CO)[nH]c2c1. The summed E-state index contributed by atoms with van der Waals surface area (Å²) in [4.78, 5) is 8.84. The van der Waals surface area contributed by atoms with Gasteiger partial charge in [-0.2, -0.15) is 0 Å². The van der Waals surface area contributed by atoms with Gasteiger partial charge in [0.2, 0.25) is 0 Å². The lowest BCUT2D eigenvalue weighted by Gasteiger charge is -2.03. The molecule has 0 aliphatic rings. The van der Waals surface area contributed by atoms with E-state index in [1.807, 2.05) is 49.4 Å². The zero-order valence-corrected chi connectivity index (χ0v) is 12.5. The van der Waals surface area contributed by atoms with Crippen LogP contribution in [0, 0.1) is 0 Å². The van der Waals surface area contributed by atoms with Crippen LogP contribution in [0.25, 0.3) is 11.0 Å². The number of aromatic nitrogens is 2. The minimum Gasteiger partial charge on any atom is -0.494 e. The molecule has 0 aliphatic carbocycles. The first-order valence-corrected chi connectivity index (χ1v) is 7.61. The highest BCUT2D eigenvalue weighted by molar-refractivity contribution is 7.99. The molecule has 0 unspecified atom stereocenters. The number of benzene rings is 2. The molecule has 3 aromatic rings. The van der Waals surface area contributed by atoms with Gasteiger partial charge in [-0.15, -0.1) is 0 Å². The first-order valence-electron chi connectivity index (χ1n) is 6.79. The summed E-state index contributed by atoms with van der Waals surface area (Å²) < 4.78 is 5.49. The van der Waals surface area contributed by atoms with Crippen LogP contribution in [0.3, 0.4) is 0 Å². The summed E-state index contributed by atoms with van der Waals surface area (Å²) in [6.07, 6.45) is 0. The highest BCUT2D eigenvalue weighted by atomic mass is 32.2. The number of aliphatic hydroxyl groups excluding tert-OH is 1. The lowest BCUT2D eigenvalue weighted by Crippen LogP contribution is -1.90. The number of H-pyrrole nitrogens is 1. The van der Waals surface area contributed by atoms with Crippen molar-refractivity contribution in [1.29, 1.82) is 0 Å². The number of rotatable bonds is 5. The third kappa shape index (κ3) is 3.04. The van der Waals surface area contributed by atoms with Gasteiger partial charge in [-0.3, -0.25) is 0 Å². The number of nitrogens with zero attached hydrogens (tertiary/aromatic N) is 1. The van der Waals surface area contributed by atoms with Crippen LogP contribution in [-0.4, -0.2) is 21.7 Å². The van der Waals surface area contributed by atoms with E-state index in [1.165, 1.54) is 11.8 Å². The molecule has 1 aromatic heterocycles. The molecule has 2 N–H and O–H groups in total. The maximum atomic E-state index is 9.37. The second-order valence-corrected chi connectivity index (χ2v) is 5.55. The molecule has 0 spiro atoms. The molecule has 2 aromatic carbocycles. The molecule has 0 radical (unpaired) electrons. The average Bonchev–Trinajstić information content (AvgIpc) is 2.89. The van der Waals surface area contributed by atoms with Crippen molar-refractivity contribution in [2.45, 2.75) is 23.6 Å². The van der Waals surface area contributed by atoms with Crippen molar-refractivity contribution in [2.75, 3.05) is 6.61 Å². The van der Waals surface area contributed by atoms with E-state index < -0.39 is 0 Å².